The Morgan fingerprint density at radius 1 is 1.08 bits per heavy atom. The van der Waals surface area contributed by atoms with E-state index in [2.05, 4.69) is 0 Å². The topological polar surface area (TPSA) is 26.3 Å². The van der Waals surface area contributed by atoms with Crippen molar-refractivity contribution in [1.82, 2.24) is 0 Å². The van der Waals surface area contributed by atoms with E-state index in [1.54, 1.807) is 13.0 Å². The van der Waals surface area contributed by atoms with Gasteiger partial charge in [0, 0.05) is 0 Å². The van der Waals surface area contributed by atoms with Crippen LogP contribution in [0.2, 0.25) is 10.0 Å². The third-order valence-corrected chi connectivity index (χ3v) is 5.66. The van der Waals surface area contributed by atoms with Crippen molar-refractivity contribution in [1.29, 1.82) is 0 Å². The van der Waals surface area contributed by atoms with Crippen LogP contribution in [0.5, 0.6) is 0 Å². The van der Waals surface area contributed by atoms with Crippen LogP contribution in [-0.2, 0) is 20.4 Å². The van der Waals surface area contributed by atoms with Gasteiger partial charge in [0.1, 0.15) is 10.8 Å². The summed E-state index contributed by atoms with van der Waals surface area (Å²) in [7, 11) is 0. The SMILES string of the molecule is CCOC(=O)[C@]1(c2ccc(Cl)c(Cl)c2)C[C@]1(c1ccccc1)C(F)(F)F. The van der Waals surface area contributed by atoms with Crippen molar-refractivity contribution in [3.05, 3.63) is 69.7 Å². The first-order chi connectivity index (χ1) is 12.2. The normalized spacial score (nSPS) is 25.0. The minimum absolute atomic E-state index is 0.0200. The molecule has 0 unspecified atom stereocenters. The number of rotatable bonds is 4. The van der Waals surface area contributed by atoms with Crippen LogP contribution in [0.1, 0.15) is 24.5 Å². The van der Waals surface area contributed by atoms with Crippen molar-refractivity contribution in [3.8, 4) is 0 Å². The number of ether oxygens (including phenoxy) is 1. The minimum Gasteiger partial charge on any atom is -0.465 e. The second kappa shape index (κ2) is 6.46. The molecule has 1 aliphatic rings. The Labute approximate surface area is 158 Å². The second-order valence-corrected chi connectivity index (χ2v) is 7.01. The van der Waals surface area contributed by atoms with E-state index in [9.17, 15) is 18.0 Å². The highest BCUT2D eigenvalue weighted by Gasteiger charge is 2.85. The van der Waals surface area contributed by atoms with Gasteiger partial charge in [0.25, 0.3) is 0 Å². The van der Waals surface area contributed by atoms with E-state index in [-0.39, 0.29) is 27.8 Å². The first kappa shape index (κ1) is 19.1. The summed E-state index contributed by atoms with van der Waals surface area (Å²) in [6, 6.07) is 11.5. The van der Waals surface area contributed by atoms with Crippen LogP contribution in [0.4, 0.5) is 13.2 Å². The molecule has 1 saturated carbocycles. The number of hydrogen-bond donors (Lipinski definition) is 0. The lowest BCUT2D eigenvalue weighted by atomic mass is 9.81. The van der Waals surface area contributed by atoms with Crippen LogP contribution in [-0.4, -0.2) is 18.8 Å². The highest BCUT2D eigenvalue weighted by molar-refractivity contribution is 6.42. The molecule has 0 heterocycles. The summed E-state index contributed by atoms with van der Waals surface area (Å²) in [6.07, 6.45) is -5.10. The van der Waals surface area contributed by atoms with Gasteiger partial charge in [-0.3, -0.25) is 4.79 Å². The number of benzene rings is 2. The molecule has 2 atom stereocenters. The second-order valence-electron chi connectivity index (χ2n) is 6.20. The van der Waals surface area contributed by atoms with Gasteiger partial charge in [-0.1, -0.05) is 59.6 Å². The van der Waals surface area contributed by atoms with Crippen LogP contribution >= 0.6 is 23.2 Å². The van der Waals surface area contributed by atoms with E-state index in [1.165, 1.54) is 42.5 Å². The van der Waals surface area contributed by atoms with Crippen LogP contribution in [0.15, 0.2) is 48.5 Å². The van der Waals surface area contributed by atoms with Crippen molar-refractivity contribution < 1.29 is 22.7 Å². The van der Waals surface area contributed by atoms with E-state index in [4.69, 9.17) is 27.9 Å². The van der Waals surface area contributed by atoms with E-state index in [1.807, 2.05) is 0 Å². The zero-order valence-corrected chi connectivity index (χ0v) is 15.3. The molecule has 0 spiro atoms. The molecule has 7 heteroatoms. The Kier molecular flexibility index (Phi) is 4.74. The summed E-state index contributed by atoms with van der Waals surface area (Å²) < 4.78 is 47.9. The Morgan fingerprint density at radius 3 is 2.27 bits per heavy atom. The predicted octanol–water partition coefficient (Wildman–Crippen LogP) is 5.70. The molecule has 0 aliphatic heterocycles. The van der Waals surface area contributed by atoms with Gasteiger partial charge in [-0.05, 0) is 36.6 Å². The fourth-order valence-corrected chi connectivity index (χ4v) is 3.96. The highest BCUT2D eigenvalue weighted by atomic mass is 35.5. The largest absolute Gasteiger partial charge is 0.465 e. The van der Waals surface area contributed by atoms with Gasteiger partial charge in [0.15, 0.2) is 0 Å². The zero-order valence-electron chi connectivity index (χ0n) is 13.7. The van der Waals surface area contributed by atoms with Crippen molar-refractivity contribution >= 4 is 29.2 Å². The Hall–Kier alpha value is -1.72. The molecule has 2 aromatic rings. The molecule has 138 valence electrons. The molecule has 0 amide bonds. The molecule has 3 rings (SSSR count). The Balaban J connectivity index is 2.26. The molecule has 0 radical (unpaired) electrons. The van der Waals surface area contributed by atoms with Gasteiger partial charge in [-0.25, -0.2) is 0 Å². The average Bonchev–Trinajstić information content (AvgIpc) is 3.31. The minimum atomic E-state index is -4.66. The smallest absolute Gasteiger partial charge is 0.399 e. The number of carbonyl (C=O) groups excluding carboxylic acids is 1. The maximum Gasteiger partial charge on any atom is 0.399 e. The standard InChI is InChI=1S/C19H15Cl2F3O2/c1-2-26-16(25)17(13-8-9-14(20)15(21)10-13)11-18(17,19(22,23)24)12-6-4-3-5-7-12/h3-10H,2,11H2,1H3/t17-,18-/m1/s1. The third kappa shape index (κ3) is 2.60. The van der Waals surface area contributed by atoms with Crippen LogP contribution in [0, 0.1) is 0 Å². The number of esters is 1. The quantitative estimate of drug-likeness (QED) is 0.613. The van der Waals surface area contributed by atoms with E-state index < -0.39 is 29.4 Å². The number of hydrogen-bond acceptors (Lipinski definition) is 2. The maximum atomic E-state index is 14.3. The van der Waals surface area contributed by atoms with E-state index in [0.717, 1.165) is 0 Å². The maximum absolute atomic E-state index is 14.3. The molecule has 2 aromatic carbocycles. The molecular weight excluding hydrogens is 388 g/mol. The first-order valence-corrected chi connectivity index (χ1v) is 8.71. The van der Waals surface area contributed by atoms with E-state index >= 15 is 0 Å². The summed E-state index contributed by atoms with van der Waals surface area (Å²) in [6.45, 7) is 1.53. The summed E-state index contributed by atoms with van der Waals surface area (Å²) in [4.78, 5) is 12.8. The Morgan fingerprint density at radius 2 is 1.73 bits per heavy atom. The summed E-state index contributed by atoms with van der Waals surface area (Å²) in [5.41, 5.74) is -4.10. The first-order valence-electron chi connectivity index (χ1n) is 7.95. The molecule has 1 fully saturated rings. The van der Waals surface area contributed by atoms with Gasteiger partial charge < -0.3 is 4.74 Å². The van der Waals surface area contributed by atoms with Gasteiger partial charge >= 0.3 is 12.1 Å². The van der Waals surface area contributed by atoms with Crippen molar-refractivity contribution in [3.63, 3.8) is 0 Å². The molecule has 2 nitrogen and oxygen atoms in total. The van der Waals surface area contributed by atoms with Gasteiger partial charge in [-0.2, -0.15) is 13.2 Å². The number of alkyl halides is 3. The summed E-state index contributed by atoms with van der Waals surface area (Å²) in [5.74, 6) is -0.917. The molecule has 0 bridgehead atoms. The monoisotopic (exact) mass is 402 g/mol. The highest BCUT2D eigenvalue weighted by Crippen LogP contribution is 2.72. The van der Waals surface area contributed by atoms with Gasteiger partial charge in [-0.15, -0.1) is 0 Å². The van der Waals surface area contributed by atoms with Crippen molar-refractivity contribution in [2.75, 3.05) is 6.61 Å². The molecule has 26 heavy (non-hydrogen) atoms. The third-order valence-electron chi connectivity index (χ3n) is 4.92. The van der Waals surface area contributed by atoms with Crippen molar-refractivity contribution in [2.45, 2.75) is 30.4 Å². The van der Waals surface area contributed by atoms with Crippen LogP contribution in [0.25, 0.3) is 0 Å². The number of halogens is 5. The fourth-order valence-electron chi connectivity index (χ4n) is 3.66. The molecule has 0 aromatic heterocycles. The molecule has 0 N–H and O–H groups in total. The lowest BCUT2D eigenvalue weighted by molar-refractivity contribution is -0.175. The summed E-state index contributed by atoms with van der Waals surface area (Å²) >= 11 is 11.9. The van der Waals surface area contributed by atoms with Gasteiger partial charge in [0.05, 0.1) is 16.7 Å². The summed E-state index contributed by atoms with van der Waals surface area (Å²) in [5, 5.41) is 0.288. The Bertz CT molecular complexity index is 838. The zero-order chi connectivity index (χ0) is 19.2. The fraction of sp³-hybridized carbons (Fsp3) is 0.316. The number of carbonyl (C=O) groups is 1. The van der Waals surface area contributed by atoms with Crippen LogP contribution < -0.4 is 0 Å². The van der Waals surface area contributed by atoms with E-state index in [0.29, 0.717) is 0 Å². The average molecular weight is 403 g/mol. The predicted molar refractivity (Wildman–Crippen MR) is 93.6 cm³/mol. The van der Waals surface area contributed by atoms with Crippen LogP contribution in [0.3, 0.4) is 0 Å². The van der Waals surface area contributed by atoms with Crippen molar-refractivity contribution in [2.24, 2.45) is 0 Å². The molecule has 0 saturated heterocycles. The van der Waals surface area contributed by atoms with Gasteiger partial charge in [0.2, 0.25) is 0 Å². The lowest BCUT2D eigenvalue weighted by Gasteiger charge is -2.28. The lowest BCUT2D eigenvalue weighted by Crippen LogP contribution is -2.41. The molecular formula is C19H15Cl2F3O2. The molecule has 1 aliphatic carbocycles.